The largest absolute Gasteiger partial charge is 0.489 e. The second-order valence-electron chi connectivity index (χ2n) is 8.40. The normalized spacial score (nSPS) is 16.1. The van der Waals surface area contributed by atoms with Gasteiger partial charge in [0.1, 0.15) is 18.2 Å². The third-order valence-corrected chi connectivity index (χ3v) is 6.96. The van der Waals surface area contributed by atoms with Gasteiger partial charge in [0.15, 0.2) is 9.84 Å². The molecule has 0 unspecified atom stereocenters. The minimum atomic E-state index is -3.07. The van der Waals surface area contributed by atoms with Crippen LogP contribution in [-0.2, 0) is 26.8 Å². The molecule has 1 amide bonds. The van der Waals surface area contributed by atoms with Gasteiger partial charge in [0.05, 0.1) is 11.5 Å². The van der Waals surface area contributed by atoms with Gasteiger partial charge in [-0.1, -0.05) is 57.7 Å². The average molecular weight is 521 g/mol. The predicted octanol–water partition coefficient (Wildman–Crippen LogP) is 5.14. The highest BCUT2D eigenvalue weighted by Crippen LogP contribution is 2.29. The van der Waals surface area contributed by atoms with Crippen LogP contribution in [0.2, 0.25) is 0 Å². The Balaban J connectivity index is 0.000000417. The maximum atomic E-state index is 12.5. The maximum Gasteiger partial charge on any atom is 0.217 e. The Kier molecular flexibility index (Phi) is 14.0. The van der Waals surface area contributed by atoms with Crippen LogP contribution >= 0.6 is 0 Å². The number of benzene rings is 2. The Morgan fingerprint density at radius 1 is 1.25 bits per heavy atom. The molecule has 2 atom stereocenters. The van der Waals surface area contributed by atoms with Gasteiger partial charge in [0.25, 0.3) is 0 Å². The van der Waals surface area contributed by atoms with Crippen LogP contribution in [0.25, 0.3) is 0 Å². The first-order valence-corrected chi connectivity index (χ1v) is 14.3. The zero-order chi connectivity index (χ0) is 27.1. The van der Waals surface area contributed by atoms with Gasteiger partial charge in [-0.2, -0.15) is 0 Å². The van der Waals surface area contributed by atoms with Gasteiger partial charge in [0, 0.05) is 25.1 Å². The molecule has 0 bridgehead atoms. The fraction of sp³-hybridized carbons (Fsp3) is 0.464. The van der Waals surface area contributed by atoms with E-state index in [2.05, 4.69) is 30.2 Å². The van der Waals surface area contributed by atoms with E-state index < -0.39 is 9.84 Å². The predicted molar refractivity (Wildman–Crippen MR) is 145 cm³/mol. The quantitative estimate of drug-likeness (QED) is 0.447. The summed E-state index contributed by atoms with van der Waals surface area (Å²) in [5.41, 5.74) is 3.23. The zero-order valence-electron chi connectivity index (χ0n) is 22.1. The van der Waals surface area contributed by atoms with Crippen molar-refractivity contribution >= 4 is 15.7 Å². The van der Waals surface area contributed by atoms with Crippen LogP contribution < -0.4 is 15.4 Å². The van der Waals surface area contributed by atoms with E-state index >= 15 is 0 Å². The molecule has 0 saturated carbocycles. The molecule has 3 rings (SSSR count). The number of nitrogens with one attached hydrogen (secondary N) is 2. The average Bonchev–Trinajstić information content (AvgIpc) is 2.83. The van der Waals surface area contributed by atoms with Gasteiger partial charge >= 0.3 is 0 Å². The van der Waals surface area contributed by atoms with Crippen molar-refractivity contribution in [1.82, 2.24) is 10.6 Å². The summed E-state index contributed by atoms with van der Waals surface area (Å²) >= 11 is 0. The lowest BCUT2D eigenvalue weighted by molar-refractivity contribution is -0.119. The first-order valence-electron chi connectivity index (χ1n) is 12.5. The van der Waals surface area contributed by atoms with Gasteiger partial charge < -0.3 is 15.4 Å². The molecule has 0 fully saturated rings. The first kappa shape index (κ1) is 31.3. The number of rotatable bonds is 9. The van der Waals surface area contributed by atoms with E-state index in [4.69, 9.17) is 4.74 Å². The Labute approximate surface area is 216 Å². The van der Waals surface area contributed by atoms with Crippen molar-refractivity contribution in [3.05, 3.63) is 77.6 Å². The van der Waals surface area contributed by atoms with E-state index in [9.17, 15) is 17.6 Å². The molecule has 1 heterocycles. The fourth-order valence-electron chi connectivity index (χ4n) is 3.73. The van der Waals surface area contributed by atoms with E-state index in [1.54, 1.807) is 18.2 Å². The third-order valence-electron chi connectivity index (χ3n) is 5.37. The molecule has 0 radical (unpaired) electrons. The highest BCUT2D eigenvalue weighted by Gasteiger charge is 2.29. The van der Waals surface area contributed by atoms with E-state index in [1.807, 2.05) is 32.9 Å². The number of hydrogen-bond donors (Lipinski definition) is 2. The molecule has 0 spiro atoms. The number of sulfone groups is 1. The second kappa shape index (κ2) is 16.1. The van der Waals surface area contributed by atoms with E-state index in [0.717, 1.165) is 24.0 Å². The summed E-state index contributed by atoms with van der Waals surface area (Å²) in [4.78, 5) is 11.0. The van der Waals surface area contributed by atoms with Crippen LogP contribution in [0.5, 0.6) is 5.75 Å². The summed E-state index contributed by atoms with van der Waals surface area (Å²) in [6, 6.07) is 12.0. The molecule has 1 aliphatic heterocycles. The lowest BCUT2D eigenvalue weighted by atomic mass is 9.98. The minimum absolute atomic E-state index is 0.0457. The summed E-state index contributed by atoms with van der Waals surface area (Å²) in [5, 5.41) is 6.20. The number of carbonyl (C=O) groups is 1. The van der Waals surface area contributed by atoms with Crippen molar-refractivity contribution in [3.8, 4) is 5.75 Å². The Morgan fingerprint density at radius 2 is 1.97 bits per heavy atom. The summed E-state index contributed by atoms with van der Waals surface area (Å²) in [7, 11) is -3.07. The lowest BCUT2D eigenvalue weighted by Gasteiger charge is -2.27. The van der Waals surface area contributed by atoms with Crippen LogP contribution in [0.15, 0.2) is 55.1 Å². The molecular formula is C28H41FN2O4S. The number of fused-ring (bicyclic) bond motifs is 1. The molecular weight excluding hydrogens is 479 g/mol. The fourth-order valence-corrected chi connectivity index (χ4v) is 5.39. The van der Waals surface area contributed by atoms with E-state index in [1.165, 1.54) is 24.6 Å². The highest BCUT2D eigenvalue weighted by atomic mass is 32.2. The van der Waals surface area contributed by atoms with Crippen LogP contribution in [0.1, 0.15) is 63.8 Å². The van der Waals surface area contributed by atoms with Gasteiger partial charge in [-0.3, -0.25) is 4.79 Å². The Hall–Kier alpha value is -2.71. The molecule has 0 saturated heterocycles. The molecule has 2 N–H and O–H groups in total. The smallest absolute Gasteiger partial charge is 0.217 e. The van der Waals surface area contributed by atoms with E-state index in [-0.39, 0.29) is 35.3 Å². The van der Waals surface area contributed by atoms with Crippen LogP contribution in [-0.4, -0.2) is 39.3 Å². The van der Waals surface area contributed by atoms with Crippen LogP contribution in [0.3, 0.4) is 0 Å². The van der Waals surface area contributed by atoms with Gasteiger partial charge in [-0.05, 0) is 55.1 Å². The topological polar surface area (TPSA) is 84.5 Å². The highest BCUT2D eigenvalue weighted by molar-refractivity contribution is 7.90. The molecule has 1 aliphatic rings. The molecule has 0 aromatic heterocycles. The molecule has 200 valence electrons. The Bertz CT molecular complexity index is 1070. The maximum absolute atomic E-state index is 12.5. The number of ether oxygens (including phenoxy) is 1. The number of amides is 1. The van der Waals surface area contributed by atoms with E-state index in [0.29, 0.717) is 18.9 Å². The number of halogens is 1. The molecule has 8 heteroatoms. The number of aryl methyl sites for hydroxylation is 1. The first-order chi connectivity index (χ1) is 17.1. The van der Waals surface area contributed by atoms with Crippen molar-refractivity contribution < 1.29 is 22.3 Å². The minimum Gasteiger partial charge on any atom is -0.489 e. The zero-order valence-corrected chi connectivity index (χ0v) is 23.0. The van der Waals surface area contributed by atoms with Gasteiger partial charge in [-0.15, -0.1) is 0 Å². The third kappa shape index (κ3) is 11.4. The lowest BCUT2D eigenvalue weighted by Crippen LogP contribution is -2.37. The molecule has 6 nitrogen and oxygen atoms in total. The standard InChI is InChI=1S/C17H26N2O3S.C9H9FO.C2H6/c1-4-14-5-6-15-10-23(21,22)11-17(16(15)9-14)18-8-7-12(2)19-13(3)20;1-2-6-11-9-5-3-4-8(10)7-9;1-2/h5-6,9,12,17-18H,4,7-8,10-11H2,1-3H3,(H,19,20);2-5,7H,1,6H2;1-2H3/t12-,17-;;/m0../s1. The molecule has 0 aliphatic carbocycles. The second-order valence-corrected chi connectivity index (χ2v) is 10.5. The molecule has 36 heavy (non-hydrogen) atoms. The van der Waals surface area contributed by atoms with Crippen LogP contribution in [0, 0.1) is 5.82 Å². The molecule has 2 aromatic carbocycles. The summed E-state index contributed by atoms with van der Waals surface area (Å²) in [6.07, 6.45) is 3.32. The van der Waals surface area contributed by atoms with Crippen molar-refractivity contribution in [2.45, 2.75) is 65.3 Å². The van der Waals surface area contributed by atoms with Crippen LogP contribution in [0.4, 0.5) is 4.39 Å². The number of carbonyl (C=O) groups excluding carboxylic acids is 1. The number of hydrogen-bond acceptors (Lipinski definition) is 5. The van der Waals surface area contributed by atoms with Crippen molar-refractivity contribution in [1.29, 1.82) is 0 Å². The summed E-state index contributed by atoms with van der Waals surface area (Å²) < 4.78 is 41.8. The monoisotopic (exact) mass is 520 g/mol. The molecule has 2 aromatic rings. The van der Waals surface area contributed by atoms with Gasteiger partial charge in [0.2, 0.25) is 5.91 Å². The Morgan fingerprint density at radius 3 is 2.58 bits per heavy atom. The van der Waals surface area contributed by atoms with Crippen molar-refractivity contribution in [3.63, 3.8) is 0 Å². The van der Waals surface area contributed by atoms with Crippen molar-refractivity contribution in [2.24, 2.45) is 0 Å². The van der Waals surface area contributed by atoms with Crippen molar-refractivity contribution in [2.75, 3.05) is 18.9 Å². The van der Waals surface area contributed by atoms with Gasteiger partial charge in [-0.25, -0.2) is 12.8 Å². The summed E-state index contributed by atoms with van der Waals surface area (Å²) in [5.74, 6) is 0.473. The summed E-state index contributed by atoms with van der Waals surface area (Å²) in [6.45, 7) is 14.1. The SMILES string of the molecule is C=CCOc1cccc(F)c1.CC.CCc1ccc2c(c1)[C@@H](NCC[C@H](C)NC(C)=O)CS(=O)(=O)C2.